The van der Waals surface area contributed by atoms with Gasteiger partial charge in [0.1, 0.15) is 0 Å². The van der Waals surface area contributed by atoms with Crippen molar-refractivity contribution in [1.29, 1.82) is 0 Å². The zero-order valence-corrected chi connectivity index (χ0v) is 12.6. The van der Waals surface area contributed by atoms with Crippen molar-refractivity contribution in [3.05, 3.63) is 30.7 Å². The van der Waals surface area contributed by atoms with Crippen LogP contribution >= 0.6 is 0 Å². The number of aromatic nitrogens is 2. The first-order valence-electron chi connectivity index (χ1n) is 7.66. The van der Waals surface area contributed by atoms with Crippen molar-refractivity contribution in [1.82, 2.24) is 15.5 Å². The summed E-state index contributed by atoms with van der Waals surface area (Å²) < 4.78 is 5.16. The molecule has 1 saturated carbocycles. The Bertz CT molecular complexity index is 627. The largest absolute Gasteiger partial charge is 0.423 e. The molecular formula is C16H20N4O2. The summed E-state index contributed by atoms with van der Waals surface area (Å²) in [6.45, 7) is 2.19. The van der Waals surface area contributed by atoms with E-state index in [0.29, 0.717) is 17.5 Å². The van der Waals surface area contributed by atoms with Crippen molar-refractivity contribution in [2.75, 3.05) is 5.32 Å². The summed E-state index contributed by atoms with van der Waals surface area (Å²) >= 11 is 0. The smallest absolute Gasteiger partial charge is 0.319 e. The van der Waals surface area contributed by atoms with Crippen LogP contribution in [0.2, 0.25) is 0 Å². The summed E-state index contributed by atoms with van der Waals surface area (Å²) in [7, 11) is 0. The third-order valence-corrected chi connectivity index (χ3v) is 4.16. The Labute approximate surface area is 129 Å². The van der Waals surface area contributed by atoms with Crippen LogP contribution in [0.25, 0.3) is 11.5 Å². The average molecular weight is 300 g/mol. The van der Waals surface area contributed by atoms with E-state index in [1.165, 1.54) is 25.7 Å². The molecule has 0 aliphatic heterocycles. The highest BCUT2D eigenvalue weighted by atomic mass is 16.4. The average Bonchev–Trinajstić information content (AvgIpc) is 3.04. The van der Waals surface area contributed by atoms with Gasteiger partial charge in [0.15, 0.2) is 0 Å². The van der Waals surface area contributed by atoms with Gasteiger partial charge in [0.25, 0.3) is 0 Å². The lowest BCUT2D eigenvalue weighted by Gasteiger charge is -2.29. The van der Waals surface area contributed by atoms with Crippen LogP contribution in [0, 0.1) is 5.92 Å². The molecule has 2 N–H and O–H groups in total. The molecule has 6 nitrogen and oxygen atoms in total. The lowest BCUT2D eigenvalue weighted by atomic mass is 9.86. The van der Waals surface area contributed by atoms with Crippen molar-refractivity contribution < 1.29 is 9.21 Å². The van der Waals surface area contributed by atoms with Gasteiger partial charge in [-0.2, -0.15) is 0 Å². The number of hydrogen-bond acceptors (Lipinski definition) is 4. The number of benzene rings is 1. The van der Waals surface area contributed by atoms with Crippen molar-refractivity contribution >= 4 is 11.7 Å². The van der Waals surface area contributed by atoms with Crippen LogP contribution in [0.3, 0.4) is 0 Å². The van der Waals surface area contributed by atoms with Crippen LogP contribution < -0.4 is 10.6 Å². The minimum atomic E-state index is -0.165. The van der Waals surface area contributed by atoms with Gasteiger partial charge >= 0.3 is 6.03 Å². The molecular weight excluding hydrogens is 280 g/mol. The quantitative estimate of drug-likeness (QED) is 0.910. The molecule has 3 rings (SSSR count). The second kappa shape index (κ2) is 6.60. The summed E-state index contributed by atoms with van der Waals surface area (Å²) in [6, 6.07) is 7.45. The Balaban J connectivity index is 1.63. The molecule has 1 aliphatic carbocycles. The zero-order chi connectivity index (χ0) is 15.4. The highest BCUT2D eigenvalue weighted by Gasteiger charge is 2.22. The molecule has 0 bridgehead atoms. The molecule has 0 spiro atoms. The standard InChI is InChI=1S/C16H20N4O2/c1-11-5-2-3-8-14(11)19-16(21)18-13-7-4-6-12(9-13)15-20-17-10-22-15/h4,6-7,9-11,14H,2-3,5,8H2,1H3,(H2,18,19,21)/t11-,14+/m0/s1. The van der Waals surface area contributed by atoms with Crippen molar-refractivity contribution in [3.8, 4) is 11.5 Å². The Morgan fingerprint density at radius 1 is 1.32 bits per heavy atom. The van der Waals surface area contributed by atoms with Crippen LogP contribution in [0.15, 0.2) is 35.1 Å². The van der Waals surface area contributed by atoms with Gasteiger partial charge in [-0.25, -0.2) is 4.79 Å². The lowest BCUT2D eigenvalue weighted by Crippen LogP contribution is -2.43. The fourth-order valence-electron chi connectivity index (χ4n) is 2.90. The first-order valence-corrected chi connectivity index (χ1v) is 7.66. The topological polar surface area (TPSA) is 80.0 Å². The van der Waals surface area contributed by atoms with E-state index < -0.39 is 0 Å². The van der Waals surface area contributed by atoms with E-state index in [1.54, 1.807) is 0 Å². The first kappa shape index (κ1) is 14.6. The molecule has 1 aliphatic rings. The van der Waals surface area contributed by atoms with Gasteiger partial charge in [-0.3, -0.25) is 0 Å². The molecule has 6 heteroatoms. The van der Waals surface area contributed by atoms with Crippen molar-refractivity contribution in [2.24, 2.45) is 5.92 Å². The summed E-state index contributed by atoms with van der Waals surface area (Å²) in [5.74, 6) is 0.967. The minimum Gasteiger partial charge on any atom is -0.423 e. The van der Waals surface area contributed by atoms with E-state index in [1.807, 2.05) is 24.3 Å². The molecule has 0 radical (unpaired) electrons. The summed E-state index contributed by atoms with van der Waals surface area (Å²) in [6.07, 6.45) is 5.95. The summed E-state index contributed by atoms with van der Waals surface area (Å²) in [4.78, 5) is 12.2. The third-order valence-electron chi connectivity index (χ3n) is 4.16. The van der Waals surface area contributed by atoms with Gasteiger partial charge in [-0.15, -0.1) is 10.2 Å². The van der Waals surface area contributed by atoms with Crippen LogP contribution in [0.1, 0.15) is 32.6 Å². The molecule has 22 heavy (non-hydrogen) atoms. The third kappa shape index (κ3) is 3.44. The fraction of sp³-hybridized carbons (Fsp3) is 0.438. The van der Waals surface area contributed by atoms with Gasteiger partial charge < -0.3 is 15.1 Å². The number of nitrogens with one attached hydrogen (secondary N) is 2. The van der Waals surface area contributed by atoms with E-state index in [0.717, 1.165) is 12.0 Å². The van der Waals surface area contributed by atoms with E-state index in [9.17, 15) is 4.79 Å². The number of anilines is 1. The SMILES string of the molecule is C[C@H]1CCCC[C@H]1NC(=O)Nc1cccc(-c2nnco2)c1. The highest BCUT2D eigenvalue weighted by Crippen LogP contribution is 2.24. The Morgan fingerprint density at radius 3 is 2.95 bits per heavy atom. The van der Waals surface area contributed by atoms with Gasteiger partial charge in [-0.05, 0) is 37.0 Å². The highest BCUT2D eigenvalue weighted by molar-refractivity contribution is 5.90. The van der Waals surface area contributed by atoms with Gasteiger partial charge in [0.2, 0.25) is 12.3 Å². The van der Waals surface area contributed by atoms with Crippen LogP contribution in [0.4, 0.5) is 10.5 Å². The number of carbonyl (C=O) groups excluding carboxylic acids is 1. The summed E-state index contributed by atoms with van der Waals surface area (Å²) in [5, 5.41) is 13.5. The Kier molecular flexibility index (Phi) is 4.37. The van der Waals surface area contributed by atoms with Crippen molar-refractivity contribution in [3.63, 3.8) is 0 Å². The molecule has 116 valence electrons. The monoisotopic (exact) mass is 300 g/mol. The van der Waals surface area contributed by atoms with E-state index >= 15 is 0 Å². The molecule has 2 aromatic rings. The molecule has 2 amide bonds. The predicted molar refractivity (Wildman–Crippen MR) is 83.3 cm³/mol. The predicted octanol–water partition coefficient (Wildman–Crippen LogP) is 3.44. The number of carbonyl (C=O) groups is 1. The second-order valence-electron chi connectivity index (χ2n) is 5.79. The van der Waals surface area contributed by atoms with E-state index in [2.05, 4.69) is 27.8 Å². The van der Waals surface area contributed by atoms with Crippen LogP contribution in [-0.4, -0.2) is 22.3 Å². The maximum absolute atomic E-state index is 12.2. The number of urea groups is 1. The molecule has 1 heterocycles. The lowest BCUT2D eigenvalue weighted by molar-refractivity contribution is 0.232. The number of amides is 2. The number of rotatable bonds is 3. The minimum absolute atomic E-state index is 0.165. The van der Waals surface area contributed by atoms with Crippen LogP contribution in [0.5, 0.6) is 0 Å². The molecule has 1 aromatic carbocycles. The molecule has 1 fully saturated rings. The second-order valence-corrected chi connectivity index (χ2v) is 5.79. The molecule has 2 atom stereocenters. The van der Waals surface area contributed by atoms with Gasteiger partial charge in [-0.1, -0.05) is 25.8 Å². The Hall–Kier alpha value is -2.37. The van der Waals surface area contributed by atoms with Gasteiger partial charge in [0.05, 0.1) is 0 Å². The maximum Gasteiger partial charge on any atom is 0.319 e. The molecule has 0 unspecified atom stereocenters. The zero-order valence-electron chi connectivity index (χ0n) is 12.6. The van der Waals surface area contributed by atoms with E-state index in [-0.39, 0.29) is 12.1 Å². The van der Waals surface area contributed by atoms with E-state index in [4.69, 9.17) is 4.42 Å². The first-order chi connectivity index (χ1) is 10.7. The normalized spacial score (nSPS) is 21.3. The van der Waals surface area contributed by atoms with Crippen molar-refractivity contribution in [2.45, 2.75) is 38.6 Å². The molecule has 0 saturated heterocycles. The fourth-order valence-corrected chi connectivity index (χ4v) is 2.90. The number of nitrogens with zero attached hydrogens (tertiary/aromatic N) is 2. The van der Waals surface area contributed by atoms with Gasteiger partial charge in [0, 0.05) is 17.3 Å². The molecule has 1 aromatic heterocycles. The summed E-state index contributed by atoms with van der Waals surface area (Å²) in [5.41, 5.74) is 1.48. The number of hydrogen-bond donors (Lipinski definition) is 2. The Morgan fingerprint density at radius 2 is 2.18 bits per heavy atom. The van der Waals surface area contributed by atoms with Crippen LogP contribution in [-0.2, 0) is 0 Å². The maximum atomic E-state index is 12.2.